The molecule has 1 N–H and O–H groups in total. The van der Waals surface area contributed by atoms with Crippen molar-refractivity contribution in [3.63, 3.8) is 0 Å². The van der Waals surface area contributed by atoms with Gasteiger partial charge in [-0.15, -0.1) is 0 Å². The maximum Gasteiger partial charge on any atom is 0.255 e. The van der Waals surface area contributed by atoms with Gasteiger partial charge in [0.15, 0.2) is 11.6 Å². The number of benzene rings is 1. The molecule has 0 atom stereocenters. The third-order valence-corrected chi connectivity index (χ3v) is 5.31. The highest BCUT2D eigenvalue weighted by atomic mass is 19.3. The van der Waals surface area contributed by atoms with Gasteiger partial charge in [0.1, 0.15) is 17.2 Å². The van der Waals surface area contributed by atoms with E-state index in [4.69, 9.17) is 0 Å². The molecule has 5 nitrogen and oxygen atoms in total. The van der Waals surface area contributed by atoms with Gasteiger partial charge in [-0.25, -0.2) is 27.5 Å². The number of alkyl halides is 2. The number of aromatic nitrogens is 3. The van der Waals surface area contributed by atoms with Crippen LogP contribution in [0.15, 0.2) is 36.7 Å². The van der Waals surface area contributed by atoms with Crippen LogP contribution in [0, 0.1) is 17.6 Å². The van der Waals surface area contributed by atoms with Crippen LogP contribution >= 0.6 is 0 Å². The minimum absolute atomic E-state index is 0.247. The molecule has 1 aliphatic heterocycles. The van der Waals surface area contributed by atoms with Gasteiger partial charge in [0.2, 0.25) is 0 Å². The first-order valence-corrected chi connectivity index (χ1v) is 9.82. The first-order valence-electron chi connectivity index (χ1n) is 9.82. The van der Waals surface area contributed by atoms with Crippen molar-refractivity contribution in [3.05, 3.63) is 53.9 Å². The molecule has 1 aliphatic rings. The maximum atomic E-state index is 14.0. The van der Waals surface area contributed by atoms with Gasteiger partial charge >= 0.3 is 0 Å². The quantitative estimate of drug-likeness (QED) is 0.599. The number of fused-ring (bicyclic) bond motifs is 1. The highest BCUT2D eigenvalue weighted by molar-refractivity contribution is 5.79. The standard InChI is InChI=1S/C21H21F4N5/c22-15-2-1-14(16(23)10-15)9-13-4-7-30(8-5-13)21-20(27-12-19(24)25)28-18-11-26-6-3-17(18)29-21/h1-3,6,10-11,13,19H,4-5,7-9,12H2,(H,27,28). The van der Waals surface area contributed by atoms with Crippen molar-refractivity contribution < 1.29 is 17.6 Å². The molecule has 0 amide bonds. The number of rotatable bonds is 6. The highest BCUT2D eigenvalue weighted by Gasteiger charge is 2.24. The van der Waals surface area contributed by atoms with Crippen molar-refractivity contribution in [2.75, 3.05) is 29.9 Å². The van der Waals surface area contributed by atoms with E-state index in [0.717, 1.165) is 18.9 Å². The summed E-state index contributed by atoms with van der Waals surface area (Å²) in [6.45, 7) is 0.762. The van der Waals surface area contributed by atoms with Crippen molar-refractivity contribution in [1.82, 2.24) is 15.0 Å². The van der Waals surface area contributed by atoms with E-state index in [-0.39, 0.29) is 5.92 Å². The monoisotopic (exact) mass is 419 g/mol. The molecule has 0 bridgehead atoms. The number of hydrogen-bond acceptors (Lipinski definition) is 5. The van der Waals surface area contributed by atoms with Crippen LogP contribution in [0.5, 0.6) is 0 Å². The average molecular weight is 419 g/mol. The van der Waals surface area contributed by atoms with Crippen LogP contribution in [0.2, 0.25) is 0 Å². The largest absolute Gasteiger partial charge is 0.361 e. The fraction of sp³-hybridized carbons (Fsp3) is 0.381. The number of halogens is 4. The highest BCUT2D eigenvalue weighted by Crippen LogP contribution is 2.30. The zero-order valence-corrected chi connectivity index (χ0v) is 16.2. The number of anilines is 2. The third kappa shape index (κ3) is 4.60. The van der Waals surface area contributed by atoms with E-state index in [9.17, 15) is 17.6 Å². The van der Waals surface area contributed by atoms with Crippen LogP contribution in [0.3, 0.4) is 0 Å². The predicted molar refractivity (Wildman–Crippen MR) is 107 cm³/mol. The summed E-state index contributed by atoms with van der Waals surface area (Å²) < 4.78 is 52.5. The Labute approximate surface area is 171 Å². The lowest BCUT2D eigenvalue weighted by atomic mass is 9.90. The first kappa shape index (κ1) is 20.3. The second-order valence-corrected chi connectivity index (χ2v) is 7.40. The van der Waals surface area contributed by atoms with E-state index < -0.39 is 24.6 Å². The topological polar surface area (TPSA) is 53.9 Å². The molecule has 30 heavy (non-hydrogen) atoms. The van der Waals surface area contributed by atoms with E-state index in [1.807, 2.05) is 4.90 Å². The van der Waals surface area contributed by atoms with Gasteiger partial charge in [-0.3, -0.25) is 4.98 Å². The normalized spacial score (nSPS) is 15.2. The summed E-state index contributed by atoms with van der Waals surface area (Å²) in [5.41, 5.74) is 1.67. The molecule has 3 heterocycles. The van der Waals surface area contributed by atoms with E-state index in [2.05, 4.69) is 20.3 Å². The Morgan fingerprint density at radius 1 is 1.07 bits per heavy atom. The SMILES string of the molecule is Fc1ccc(CC2CCN(c3nc4ccncc4nc3NCC(F)F)CC2)c(F)c1. The summed E-state index contributed by atoms with van der Waals surface area (Å²) in [4.78, 5) is 15.1. The Bertz CT molecular complexity index is 1020. The van der Waals surface area contributed by atoms with Gasteiger partial charge in [-0.05, 0) is 42.9 Å². The molecule has 1 aromatic carbocycles. The molecule has 0 aliphatic carbocycles. The lowest BCUT2D eigenvalue weighted by molar-refractivity contribution is 0.163. The molecule has 4 rings (SSSR count). The van der Waals surface area contributed by atoms with Crippen LogP contribution in [-0.4, -0.2) is 41.0 Å². The Hall–Kier alpha value is -2.97. The second-order valence-electron chi connectivity index (χ2n) is 7.40. The molecule has 2 aromatic heterocycles. The third-order valence-electron chi connectivity index (χ3n) is 5.31. The van der Waals surface area contributed by atoms with Crippen LogP contribution < -0.4 is 10.2 Å². The Morgan fingerprint density at radius 3 is 2.60 bits per heavy atom. The van der Waals surface area contributed by atoms with Crippen LogP contribution in [0.1, 0.15) is 18.4 Å². The molecule has 0 radical (unpaired) electrons. The van der Waals surface area contributed by atoms with Crippen LogP contribution in [-0.2, 0) is 6.42 Å². The first-order chi connectivity index (χ1) is 14.5. The van der Waals surface area contributed by atoms with Gasteiger partial charge < -0.3 is 10.2 Å². The van der Waals surface area contributed by atoms with Crippen molar-refractivity contribution in [2.45, 2.75) is 25.7 Å². The van der Waals surface area contributed by atoms with Crippen LogP contribution in [0.4, 0.5) is 29.2 Å². The zero-order chi connectivity index (χ0) is 21.1. The smallest absolute Gasteiger partial charge is 0.255 e. The fourth-order valence-electron chi connectivity index (χ4n) is 3.76. The minimum atomic E-state index is -2.51. The van der Waals surface area contributed by atoms with Crippen molar-refractivity contribution >= 4 is 22.7 Å². The molecule has 1 saturated heterocycles. The van der Waals surface area contributed by atoms with Crippen molar-refractivity contribution in [2.24, 2.45) is 5.92 Å². The molecule has 1 fully saturated rings. The molecule has 0 saturated carbocycles. The molecular weight excluding hydrogens is 398 g/mol. The summed E-state index contributed by atoms with van der Waals surface area (Å²) >= 11 is 0. The summed E-state index contributed by atoms with van der Waals surface area (Å²) in [6.07, 6.45) is 2.73. The molecule has 9 heteroatoms. The lowest BCUT2D eigenvalue weighted by Crippen LogP contribution is -2.35. The van der Waals surface area contributed by atoms with E-state index in [0.29, 0.717) is 47.7 Å². The number of pyridine rings is 1. The Morgan fingerprint density at radius 2 is 1.87 bits per heavy atom. The minimum Gasteiger partial charge on any atom is -0.361 e. The van der Waals surface area contributed by atoms with Crippen molar-refractivity contribution in [1.29, 1.82) is 0 Å². The predicted octanol–water partition coefficient (Wildman–Crippen LogP) is 4.44. The molecule has 158 valence electrons. The molecule has 0 spiro atoms. The molecule has 0 unspecified atom stereocenters. The molecular formula is C21H21F4N5. The van der Waals surface area contributed by atoms with Gasteiger partial charge in [-0.1, -0.05) is 6.07 Å². The number of hydrogen-bond donors (Lipinski definition) is 1. The van der Waals surface area contributed by atoms with Gasteiger partial charge in [-0.2, -0.15) is 0 Å². The van der Waals surface area contributed by atoms with E-state index in [1.165, 1.54) is 12.1 Å². The summed E-state index contributed by atoms with van der Waals surface area (Å²) in [7, 11) is 0. The summed E-state index contributed by atoms with van der Waals surface area (Å²) in [5, 5.41) is 2.69. The average Bonchev–Trinajstić information content (AvgIpc) is 2.74. The fourth-order valence-corrected chi connectivity index (χ4v) is 3.76. The number of nitrogens with zero attached hydrogens (tertiary/aromatic N) is 4. The Kier molecular flexibility index (Phi) is 5.96. The van der Waals surface area contributed by atoms with Crippen LogP contribution in [0.25, 0.3) is 11.0 Å². The lowest BCUT2D eigenvalue weighted by Gasteiger charge is -2.33. The van der Waals surface area contributed by atoms with Gasteiger partial charge in [0.05, 0.1) is 18.3 Å². The van der Waals surface area contributed by atoms with Crippen molar-refractivity contribution in [3.8, 4) is 0 Å². The molecule has 3 aromatic rings. The van der Waals surface area contributed by atoms with Gasteiger partial charge in [0.25, 0.3) is 6.43 Å². The summed E-state index contributed by atoms with van der Waals surface area (Å²) in [6, 6.07) is 5.40. The maximum absolute atomic E-state index is 14.0. The number of nitrogens with one attached hydrogen (secondary N) is 1. The van der Waals surface area contributed by atoms with Gasteiger partial charge in [0, 0.05) is 25.4 Å². The summed E-state index contributed by atoms with van der Waals surface area (Å²) in [5.74, 6) is -0.0270. The number of piperidine rings is 1. The second kappa shape index (κ2) is 8.81. The Balaban J connectivity index is 1.49. The zero-order valence-electron chi connectivity index (χ0n) is 16.2. The van der Waals surface area contributed by atoms with E-state index >= 15 is 0 Å². The van der Waals surface area contributed by atoms with E-state index in [1.54, 1.807) is 18.5 Å².